The van der Waals surface area contributed by atoms with Crippen molar-refractivity contribution in [2.75, 3.05) is 24.7 Å². The van der Waals surface area contributed by atoms with Crippen LogP contribution in [0.2, 0.25) is 0 Å². The Bertz CT molecular complexity index is 708. The fraction of sp³-hybridized carbons (Fsp3) is 0.429. The van der Waals surface area contributed by atoms with E-state index in [2.05, 4.69) is 11.0 Å². The molecule has 2 heterocycles. The van der Waals surface area contributed by atoms with Crippen LogP contribution in [0.5, 0.6) is 0 Å². The molecule has 0 aliphatic carbocycles. The van der Waals surface area contributed by atoms with Gasteiger partial charge in [-0.15, -0.1) is 11.8 Å². The molecule has 0 atom stereocenters. The van der Waals surface area contributed by atoms with E-state index in [4.69, 9.17) is 4.98 Å². The summed E-state index contributed by atoms with van der Waals surface area (Å²) < 4.78 is 1.80. The molecule has 0 saturated carbocycles. The molecule has 0 amide bonds. The summed E-state index contributed by atoms with van der Waals surface area (Å²) >= 11 is 1.64. The van der Waals surface area contributed by atoms with Crippen LogP contribution in [0, 0.1) is 6.92 Å². The molecular formula is C14H17N3OS. The second-order valence-electron chi connectivity index (χ2n) is 5.01. The number of aryl methyl sites for hydroxylation is 1. The van der Waals surface area contributed by atoms with E-state index in [1.165, 1.54) is 0 Å². The van der Waals surface area contributed by atoms with Crippen LogP contribution >= 0.6 is 11.8 Å². The van der Waals surface area contributed by atoms with Crippen LogP contribution in [0.25, 0.3) is 10.9 Å². The molecular weight excluding hydrogens is 258 g/mol. The van der Waals surface area contributed by atoms with Crippen LogP contribution in [0.3, 0.4) is 0 Å². The smallest absolute Gasteiger partial charge is 0.262 e. The third kappa shape index (κ3) is 1.92. The monoisotopic (exact) mass is 275 g/mol. The number of benzene rings is 1. The first-order valence-electron chi connectivity index (χ1n) is 6.42. The number of hydrogen-bond acceptors (Lipinski definition) is 4. The number of rotatable bonds is 1. The third-order valence-corrected chi connectivity index (χ3v) is 4.34. The summed E-state index contributed by atoms with van der Waals surface area (Å²) in [5.74, 6) is 0.794. The zero-order chi connectivity index (χ0) is 13.6. The first-order chi connectivity index (χ1) is 9.11. The minimum Gasteiger partial charge on any atom is -0.345 e. The summed E-state index contributed by atoms with van der Waals surface area (Å²) in [4.78, 5) is 20.5. The van der Waals surface area contributed by atoms with Crippen LogP contribution in [-0.2, 0) is 6.54 Å². The first kappa shape index (κ1) is 12.5. The molecule has 0 spiro atoms. The molecule has 1 aromatic heterocycles. The van der Waals surface area contributed by atoms with Gasteiger partial charge in [0.05, 0.1) is 10.9 Å². The molecule has 0 bridgehead atoms. The predicted octanol–water partition coefficient (Wildman–Crippen LogP) is 2.27. The Hall–Kier alpha value is -1.49. The van der Waals surface area contributed by atoms with Crippen LogP contribution in [-0.4, -0.2) is 29.4 Å². The third-order valence-electron chi connectivity index (χ3n) is 3.58. The van der Waals surface area contributed by atoms with Gasteiger partial charge in [0.15, 0.2) is 0 Å². The Morgan fingerprint density at radius 2 is 2.11 bits per heavy atom. The largest absolute Gasteiger partial charge is 0.345 e. The van der Waals surface area contributed by atoms with Crippen molar-refractivity contribution >= 4 is 28.6 Å². The maximum Gasteiger partial charge on any atom is 0.262 e. The van der Waals surface area contributed by atoms with Gasteiger partial charge in [0.2, 0.25) is 5.95 Å². The molecule has 5 heteroatoms. The van der Waals surface area contributed by atoms with E-state index in [0.717, 1.165) is 46.8 Å². The summed E-state index contributed by atoms with van der Waals surface area (Å²) in [5, 5.41) is 0.739. The van der Waals surface area contributed by atoms with Gasteiger partial charge in [-0.25, -0.2) is 4.98 Å². The Labute approximate surface area is 116 Å². The second-order valence-corrected chi connectivity index (χ2v) is 5.86. The van der Waals surface area contributed by atoms with Gasteiger partial charge in [-0.2, -0.15) is 0 Å². The van der Waals surface area contributed by atoms with E-state index in [1.807, 2.05) is 26.3 Å². The summed E-state index contributed by atoms with van der Waals surface area (Å²) in [6, 6.07) is 4.05. The van der Waals surface area contributed by atoms with Crippen molar-refractivity contribution in [1.29, 1.82) is 0 Å². The molecule has 100 valence electrons. The van der Waals surface area contributed by atoms with Gasteiger partial charge in [-0.05, 0) is 37.3 Å². The van der Waals surface area contributed by atoms with Crippen molar-refractivity contribution < 1.29 is 0 Å². The summed E-state index contributed by atoms with van der Waals surface area (Å²) in [6.45, 7) is 3.75. The van der Waals surface area contributed by atoms with Crippen LogP contribution in [0.1, 0.15) is 12.0 Å². The molecule has 1 aromatic carbocycles. The summed E-state index contributed by atoms with van der Waals surface area (Å²) in [6.07, 6.45) is 3.02. The number of anilines is 1. The van der Waals surface area contributed by atoms with Gasteiger partial charge >= 0.3 is 0 Å². The lowest BCUT2D eigenvalue weighted by Gasteiger charge is -2.27. The van der Waals surface area contributed by atoms with Gasteiger partial charge in [0.25, 0.3) is 5.56 Å². The minimum atomic E-state index is 0.0885. The zero-order valence-corrected chi connectivity index (χ0v) is 12.3. The molecule has 0 radical (unpaired) electrons. The maximum atomic E-state index is 12.6. The zero-order valence-electron chi connectivity index (χ0n) is 11.4. The van der Waals surface area contributed by atoms with Crippen molar-refractivity contribution in [1.82, 2.24) is 9.55 Å². The number of nitrogens with zero attached hydrogens (tertiary/aromatic N) is 3. The summed E-state index contributed by atoms with van der Waals surface area (Å²) in [5.41, 5.74) is 2.04. The number of thioether (sulfide) groups is 1. The van der Waals surface area contributed by atoms with Crippen molar-refractivity contribution in [2.24, 2.45) is 0 Å². The highest BCUT2D eigenvalue weighted by atomic mass is 32.2. The molecule has 1 aliphatic rings. The average Bonchev–Trinajstić information content (AvgIpc) is 2.40. The molecule has 2 aromatic rings. The fourth-order valence-electron chi connectivity index (χ4n) is 2.64. The molecule has 0 unspecified atom stereocenters. The standard InChI is InChI=1S/C14H17N3OS/c1-9-7-10-12(11(8-9)19-3)15-14-16(2)5-4-6-17(14)13(10)18/h7-8H,4-6H2,1-3H3. The summed E-state index contributed by atoms with van der Waals surface area (Å²) in [7, 11) is 2.00. The Kier molecular flexibility index (Phi) is 3.01. The molecule has 19 heavy (non-hydrogen) atoms. The van der Waals surface area contributed by atoms with Crippen LogP contribution in [0.4, 0.5) is 5.95 Å². The van der Waals surface area contributed by atoms with Crippen molar-refractivity contribution in [3.05, 3.63) is 28.0 Å². The maximum absolute atomic E-state index is 12.6. The number of fused-ring (bicyclic) bond motifs is 2. The first-order valence-corrected chi connectivity index (χ1v) is 7.64. The molecule has 3 rings (SSSR count). The highest BCUT2D eigenvalue weighted by molar-refractivity contribution is 7.98. The minimum absolute atomic E-state index is 0.0885. The van der Waals surface area contributed by atoms with Gasteiger partial charge in [0, 0.05) is 25.0 Å². The molecule has 0 saturated heterocycles. The van der Waals surface area contributed by atoms with Crippen molar-refractivity contribution in [3.8, 4) is 0 Å². The second kappa shape index (κ2) is 4.56. The van der Waals surface area contributed by atoms with E-state index in [9.17, 15) is 4.79 Å². The normalized spacial score (nSPS) is 14.8. The number of hydrogen-bond donors (Lipinski definition) is 0. The van der Waals surface area contributed by atoms with Crippen LogP contribution in [0.15, 0.2) is 21.8 Å². The van der Waals surface area contributed by atoms with Crippen molar-refractivity contribution in [2.45, 2.75) is 24.8 Å². The van der Waals surface area contributed by atoms with Gasteiger partial charge in [-0.3, -0.25) is 9.36 Å². The fourth-order valence-corrected chi connectivity index (χ4v) is 3.29. The molecule has 1 aliphatic heterocycles. The lowest BCUT2D eigenvalue weighted by molar-refractivity contribution is 0.557. The van der Waals surface area contributed by atoms with E-state index in [-0.39, 0.29) is 5.56 Å². The predicted molar refractivity (Wildman–Crippen MR) is 80.4 cm³/mol. The Morgan fingerprint density at radius 3 is 2.84 bits per heavy atom. The molecule has 0 N–H and O–H groups in total. The molecule has 4 nitrogen and oxygen atoms in total. The van der Waals surface area contributed by atoms with Crippen molar-refractivity contribution in [3.63, 3.8) is 0 Å². The van der Waals surface area contributed by atoms with E-state index < -0.39 is 0 Å². The van der Waals surface area contributed by atoms with Gasteiger partial charge in [-0.1, -0.05) is 0 Å². The average molecular weight is 275 g/mol. The SMILES string of the molecule is CSc1cc(C)cc2c(=O)n3c(nc12)N(C)CCC3. The topological polar surface area (TPSA) is 38.1 Å². The Morgan fingerprint density at radius 1 is 1.32 bits per heavy atom. The van der Waals surface area contributed by atoms with E-state index >= 15 is 0 Å². The van der Waals surface area contributed by atoms with E-state index in [1.54, 1.807) is 16.3 Å². The molecule has 0 fully saturated rings. The quantitative estimate of drug-likeness (QED) is 0.748. The highest BCUT2D eigenvalue weighted by Gasteiger charge is 2.19. The lowest BCUT2D eigenvalue weighted by atomic mass is 10.1. The lowest BCUT2D eigenvalue weighted by Crippen LogP contribution is -2.36. The number of aromatic nitrogens is 2. The van der Waals surface area contributed by atoms with E-state index in [0.29, 0.717) is 0 Å². The van der Waals surface area contributed by atoms with Gasteiger partial charge < -0.3 is 4.90 Å². The highest BCUT2D eigenvalue weighted by Crippen LogP contribution is 2.27. The van der Waals surface area contributed by atoms with Crippen LogP contribution < -0.4 is 10.5 Å². The van der Waals surface area contributed by atoms with Gasteiger partial charge in [0.1, 0.15) is 0 Å². The Balaban J connectivity index is 2.42.